The predicted molar refractivity (Wildman–Crippen MR) is 150 cm³/mol. The number of hydrogen-bond donors (Lipinski definition) is 1. The summed E-state index contributed by atoms with van der Waals surface area (Å²) < 4.78 is 17.3. The Hall–Kier alpha value is -3.52. The zero-order valence-electron chi connectivity index (χ0n) is 23.3. The third kappa shape index (κ3) is 6.56. The van der Waals surface area contributed by atoms with Crippen LogP contribution in [0.2, 0.25) is 0 Å². The Labute approximate surface area is 231 Å². The summed E-state index contributed by atoms with van der Waals surface area (Å²) in [5.41, 5.74) is 1.20. The highest BCUT2D eigenvalue weighted by Crippen LogP contribution is 2.41. The molecule has 0 aromatic heterocycles. The van der Waals surface area contributed by atoms with Gasteiger partial charge in [-0.3, -0.25) is 9.59 Å². The molecule has 0 aliphatic carbocycles. The van der Waals surface area contributed by atoms with E-state index in [-0.39, 0.29) is 11.3 Å². The lowest BCUT2D eigenvalue weighted by Crippen LogP contribution is -2.33. The molecule has 2 aliphatic heterocycles. The molecule has 2 aromatic rings. The molecule has 1 N–H and O–H groups in total. The van der Waals surface area contributed by atoms with Crippen molar-refractivity contribution in [3.8, 4) is 17.2 Å². The van der Waals surface area contributed by atoms with Crippen LogP contribution in [-0.2, 0) is 9.59 Å². The first-order chi connectivity index (χ1) is 19.0. The summed E-state index contributed by atoms with van der Waals surface area (Å²) in [5, 5.41) is 11.5. The van der Waals surface area contributed by atoms with Gasteiger partial charge in [-0.25, -0.2) is 0 Å². The van der Waals surface area contributed by atoms with Crippen molar-refractivity contribution in [2.75, 3.05) is 46.0 Å². The average Bonchev–Trinajstić information content (AvgIpc) is 3.22. The Kier molecular flexibility index (Phi) is 9.87. The number of fused-ring (bicyclic) bond motifs is 1. The molecule has 2 heterocycles. The molecule has 0 spiro atoms. The zero-order valence-corrected chi connectivity index (χ0v) is 23.3. The summed E-state index contributed by atoms with van der Waals surface area (Å²) >= 11 is 0. The lowest BCUT2D eigenvalue weighted by molar-refractivity contribution is -0.140. The number of ether oxygens (including phenoxy) is 3. The highest BCUT2D eigenvalue weighted by molar-refractivity contribution is 6.46. The molecule has 39 heavy (non-hydrogen) atoms. The maximum Gasteiger partial charge on any atom is 0.295 e. The van der Waals surface area contributed by atoms with Crippen molar-refractivity contribution in [3.63, 3.8) is 0 Å². The van der Waals surface area contributed by atoms with Crippen LogP contribution in [0.15, 0.2) is 48.0 Å². The van der Waals surface area contributed by atoms with Gasteiger partial charge in [-0.15, -0.1) is 0 Å². The van der Waals surface area contributed by atoms with Gasteiger partial charge in [0.25, 0.3) is 11.7 Å². The number of ketones is 1. The van der Waals surface area contributed by atoms with Crippen LogP contribution in [0.5, 0.6) is 17.2 Å². The number of carbonyl (C=O) groups is 2. The zero-order chi connectivity index (χ0) is 27.8. The molecule has 210 valence electrons. The molecule has 0 radical (unpaired) electrons. The number of benzene rings is 2. The van der Waals surface area contributed by atoms with E-state index >= 15 is 0 Å². The molecule has 1 amide bonds. The fourth-order valence-corrected chi connectivity index (χ4v) is 5.12. The standard InChI is InChI=1S/C31H40N2O6/c1-4-7-8-17-37-24-12-9-11-22(20-24)28-27(29(34)23-13-14-25-26(21-23)39-19-18-38-25)30(35)31(36)33(28)16-10-15-32(5-2)6-3/h9,11-14,20-21,28,34H,4-8,10,15-19H2,1-3H3/t28-/m1/s1. The second-order valence-corrected chi connectivity index (χ2v) is 9.86. The van der Waals surface area contributed by atoms with Crippen molar-refractivity contribution in [3.05, 3.63) is 59.2 Å². The van der Waals surface area contributed by atoms with E-state index in [4.69, 9.17) is 14.2 Å². The van der Waals surface area contributed by atoms with Gasteiger partial charge in [0.1, 0.15) is 24.7 Å². The number of likely N-dealkylation sites (tertiary alicyclic amines) is 1. The van der Waals surface area contributed by atoms with Gasteiger partial charge >= 0.3 is 0 Å². The van der Waals surface area contributed by atoms with E-state index in [1.165, 1.54) is 0 Å². The normalized spacial score (nSPS) is 18.2. The van der Waals surface area contributed by atoms with Crippen LogP contribution >= 0.6 is 0 Å². The van der Waals surface area contributed by atoms with Gasteiger partial charge < -0.3 is 29.1 Å². The topological polar surface area (TPSA) is 88.5 Å². The van der Waals surface area contributed by atoms with E-state index in [0.29, 0.717) is 55.6 Å². The molecule has 8 nitrogen and oxygen atoms in total. The Morgan fingerprint density at radius 2 is 1.77 bits per heavy atom. The molecule has 2 aliphatic rings. The van der Waals surface area contributed by atoms with Crippen LogP contribution in [0, 0.1) is 0 Å². The van der Waals surface area contributed by atoms with Crippen LogP contribution in [0.3, 0.4) is 0 Å². The van der Waals surface area contributed by atoms with Crippen LogP contribution in [0.25, 0.3) is 5.76 Å². The van der Waals surface area contributed by atoms with Gasteiger partial charge in [-0.1, -0.05) is 45.7 Å². The minimum Gasteiger partial charge on any atom is -0.507 e. The third-order valence-corrected chi connectivity index (χ3v) is 7.31. The molecule has 0 bridgehead atoms. The maximum atomic E-state index is 13.4. The summed E-state index contributed by atoms with van der Waals surface area (Å²) in [6, 6.07) is 11.8. The smallest absolute Gasteiger partial charge is 0.295 e. The summed E-state index contributed by atoms with van der Waals surface area (Å²) in [5.74, 6) is 0.238. The van der Waals surface area contributed by atoms with Gasteiger partial charge in [0.05, 0.1) is 18.2 Å². The average molecular weight is 537 g/mol. The minimum absolute atomic E-state index is 0.0719. The fraction of sp³-hybridized carbons (Fsp3) is 0.484. The van der Waals surface area contributed by atoms with Crippen LogP contribution in [0.1, 0.15) is 63.6 Å². The van der Waals surface area contributed by atoms with E-state index in [2.05, 4.69) is 25.7 Å². The molecule has 0 saturated carbocycles. The molecule has 0 unspecified atom stereocenters. The molecular weight excluding hydrogens is 496 g/mol. The highest BCUT2D eigenvalue weighted by Gasteiger charge is 2.46. The van der Waals surface area contributed by atoms with Crippen LogP contribution in [-0.4, -0.2) is 72.6 Å². The van der Waals surface area contributed by atoms with Gasteiger partial charge in [-0.05, 0) is 68.4 Å². The van der Waals surface area contributed by atoms with Crippen molar-refractivity contribution in [1.29, 1.82) is 0 Å². The number of aliphatic hydroxyl groups excluding tert-OH is 1. The van der Waals surface area contributed by atoms with Crippen LogP contribution in [0.4, 0.5) is 0 Å². The highest BCUT2D eigenvalue weighted by atomic mass is 16.6. The van der Waals surface area contributed by atoms with E-state index < -0.39 is 17.7 Å². The fourth-order valence-electron chi connectivity index (χ4n) is 5.12. The molecule has 4 rings (SSSR count). The van der Waals surface area contributed by atoms with Gasteiger partial charge in [0.2, 0.25) is 0 Å². The first-order valence-electron chi connectivity index (χ1n) is 14.1. The van der Waals surface area contributed by atoms with Gasteiger partial charge in [-0.2, -0.15) is 0 Å². The summed E-state index contributed by atoms with van der Waals surface area (Å²) in [6.45, 7) is 10.8. The van der Waals surface area contributed by atoms with E-state index in [1.54, 1.807) is 23.1 Å². The molecular formula is C31H40N2O6. The van der Waals surface area contributed by atoms with Crippen molar-refractivity contribution in [1.82, 2.24) is 9.80 Å². The second kappa shape index (κ2) is 13.5. The molecule has 8 heteroatoms. The number of Topliss-reactive ketones (excluding diaryl/α,β-unsaturated/α-hetero) is 1. The van der Waals surface area contributed by atoms with Crippen molar-refractivity contribution in [2.24, 2.45) is 0 Å². The summed E-state index contributed by atoms with van der Waals surface area (Å²) in [7, 11) is 0. The number of rotatable bonds is 13. The number of hydrogen-bond acceptors (Lipinski definition) is 7. The first-order valence-corrected chi connectivity index (χ1v) is 14.1. The van der Waals surface area contributed by atoms with Gasteiger partial charge in [0, 0.05) is 12.1 Å². The van der Waals surface area contributed by atoms with Crippen LogP contribution < -0.4 is 14.2 Å². The molecule has 2 aromatic carbocycles. The van der Waals surface area contributed by atoms with Gasteiger partial charge in [0.15, 0.2) is 11.5 Å². The number of nitrogens with zero attached hydrogens (tertiary/aromatic N) is 2. The summed E-state index contributed by atoms with van der Waals surface area (Å²) in [6.07, 6.45) is 3.85. The maximum absolute atomic E-state index is 13.4. The molecule has 1 atom stereocenters. The first kappa shape index (κ1) is 28.5. The van der Waals surface area contributed by atoms with E-state index in [9.17, 15) is 14.7 Å². The molecule has 1 fully saturated rings. The third-order valence-electron chi connectivity index (χ3n) is 7.31. The van der Waals surface area contributed by atoms with E-state index in [1.807, 2.05) is 24.3 Å². The Balaban J connectivity index is 1.70. The Morgan fingerprint density at radius 1 is 1.00 bits per heavy atom. The number of unbranched alkanes of at least 4 members (excludes halogenated alkanes) is 2. The summed E-state index contributed by atoms with van der Waals surface area (Å²) in [4.78, 5) is 30.7. The predicted octanol–water partition coefficient (Wildman–Crippen LogP) is 5.18. The van der Waals surface area contributed by atoms with E-state index in [0.717, 1.165) is 44.5 Å². The number of aliphatic hydroxyl groups is 1. The molecule has 1 saturated heterocycles. The minimum atomic E-state index is -0.728. The Bertz CT molecular complexity index is 1190. The van der Waals surface area contributed by atoms with Crippen molar-refractivity contribution in [2.45, 2.75) is 52.5 Å². The number of carbonyl (C=O) groups excluding carboxylic acids is 2. The monoisotopic (exact) mass is 536 g/mol. The largest absolute Gasteiger partial charge is 0.507 e. The van der Waals surface area contributed by atoms with Crippen molar-refractivity contribution < 1.29 is 28.9 Å². The second-order valence-electron chi connectivity index (χ2n) is 9.86. The quantitative estimate of drug-likeness (QED) is 0.163. The van der Waals surface area contributed by atoms with Crippen molar-refractivity contribution >= 4 is 17.4 Å². The number of amides is 1. The SMILES string of the molecule is CCCCCOc1cccc([C@@H]2C(=C(O)c3ccc4c(c3)OCCO4)C(=O)C(=O)N2CCCN(CC)CC)c1. The lowest BCUT2D eigenvalue weighted by atomic mass is 9.95. The lowest BCUT2D eigenvalue weighted by Gasteiger charge is -2.27. The Morgan fingerprint density at radius 3 is 2.51 bits per heavy atom.